The predicted octanol–water partition coefficient (Wildman–Crippen LogP) is 2.40. The Morgan fingerprint density at radius 2 is 2.28 bits per heavy atom. The lowest BCUT2D eigenvalue weighted by molar-refractivity contribution is 0.438. The van der Waals surface area contributed by atoms with Crippen molar-refractivity contribution in [3.05, 3.63) is 34.9 Å². The van der Waals surface area contributed by atoms with Crippen LogP contribution in [0.5, 0.6) is 0 Å². The third kappa shape index (κ3) is 1.71. The maximum Gasteiger partial charge on any atom is 0.167 e. The molecule has 18 heavy (non-hydrogen) atoms. The van der Waals surface area contributed by atoms with Crippen molar-refractivity contribution in [3.8, 4) is 11.4 Å². The number of hydrogen-bond acceptors (Lipinski definition) is 3. The largest absolute Gasteiger partial charge is 0.308 e. The van der Waals surface area contributed by atoms with Crippen molar-refractivity contribution in [1.29, 1.82) is 0 Å². The molecular formula is C12H12ClFN4. The molecule has 0 saturated carbocycles. The van der Waals surface area contributed by atoms with Crippen LogP contribution in [0.15, 0.2) is 18.2 Å². The van der Waals surface area contributed by atoms with Crippen molar-refractivity contribution in [2.45, 2.75) is 19.5 Å². The van der Waals surface area contributed by atoms with Crippen LogP contribution < -0.4 is 5.32 Å². The number of nitrogens with zero attached hydrogens (tertiary/aromatic N) is 3. The van der Waals surface area contributed by atoms with Crippen LogP contribution in [0.25, 0.3) is 11.4 Å². The van der Waals surface area contributed by atoms with Gasteiger partial charge >= 0.3 is 0 Å². The number of fused-ring (bicyclic) bond motifs is 1. The molecule has 1 aromatic carbocycles. The van der Waals surface area contributed by atoms with Crippen LogP contribution in [0.3, 0.4) is 0 Å². The number of halogens is 2. The second-order valence-corrected chi connectivity index (χ2v) is 4.72. The molecule has 3 rings (SSSR count). The first-order valence-corrected chi connectivity index (χ1v) is 6.17. The maximum absolute atomic E-state index is 14.0. The summed E-state index contributed by atoms with van der Waals surface area (Å²) in [7, 11) is 0. The minimum absolute atomic E-state index is 0.104. The number of aromatic nitrogens is 3. The van der Waals surface area contributed by atoms with Crippen molar-refractivity contribution >= 4 is 11.6 Å². The van der Waals surface area contributed by atoms with Crippen molar-refractivity contribution in [2.24, 2.45) is 0 Å². The third-order valence-electron chi connectivity index (χ3n) is 3.15. The van der Waals surface area contributed by atoms with Crippen LogP contribution in [0, 0.1) is 5.82 Å². The second kappa shape index (κ2) is 4.33. The van der Waals surface area contributed by atoms with Crippen LogP contribution in [0.1, 0.15) is 18.8 Å². The van der Waals surface area contributed by atoms with E-state index in [0.717, 1.165) is 18.9 Å². The van der Waals surface area contributed by atoms with Gasteiger partial charge in [0.05, 0.1) is 16.6 Å². The molecule has 0 spiro atoms. The van der Waals surface area contributed by atoms with Gasteiger partial charge in [-0.2, -0.15) is 0 Å². The molecule has 1 aliphatic heterocycles. The molecule has 1 atom stereocenters. The van der Waals surface area contributed by atoms with E-state index < -0.39 is 5.82 Å². The number of rotatable bonds is 1. The molecule has 0 saturated heterocycles. The maximum atomic E-state index is 14.0. The topological polar surface area (TPSA) is 42.7 Å². The van der Waals surface area contributed by atoms with E-state index in [1.54, 1.807) is 12.1 Å². The molecule has 4 nitrogen and oxygen atoms in total. The second-order valence-electron chi connectivity index (χ2n) is 4.31. The summed E-state index contributed by atoms with van der Waals surface area (Å²) in [4.78, 5) is 0. The minimum atomic E-state index is -0.444. The van der Waals surface area contributed by atoms with Crippen molar-refractivity contribution in [3.63, 3.8) is 0 Å². The van der Waals surface area contributed by atoms with Gasteiger partial charge in [-0.15, -0.1) is 10.2 Å². The Morgan fingerprint density at radius 3 is 3.11 bits per heavy atom. The van der Waals surface area contributed by atoms with Gasteiger partial charge in [-0.3, -0.25) is 0 Å². The lowest BCUT2D eigenvalue weighted by Crippen LogP contribution is -2.32. The number of benzene rings is 1. The first-order chi connectivity index (χ1) is 8.68. The SMILES string of the molecule is CC1NCCn2c(-c3cccc(Cl)c3F)nnc21. The molecule has 1 N–H and O–H groups in total. The van der Waals surface area contributed by atoms with E-state index in [0.29, 0.717) is 11.4 Å². The standard InChI is InChI=1S/C12H12ClFN4/c1-7-11-16-17-12(18(11)6-5-15-7)8-3-2-4-9(13)10(8)14/h2-4,7,15H,5-6H2,1H3. The fourth-order valence-electron chi connectivity index (χ4n) is 2.22. The number of nitrogens with one attached hydrogen (secondary N) is 1. The fourth-order valence-corrected chi connectivity index (χ4v) is 2.39. The minimum Gasteiger partial charge on any atom is -0.308 e. The Hall–Kier alpha value is -1.46. The zero-order valence-corrected chi connectivity index (χ0v) is 10.6. The molecule has 2 heterocycles. The highest BCUT2D eigenvalue weighted by Gasteiger charge is 2.23. The van der Waals surface area contributed by atoms with Crippen LogP contribution in [0.2, 0.25) is 5.02 Å². The fraction of sp³-hybridized carbons (Fsp3) is 0.333. The van der Waals surface area contributed by atoms with E-state index in [1.807, 2.05) is 11.5 Å². The van der Waals surface area contributed by atoms with Crippen LogP contribution in [0.4, 0.5) is 4.39 Å². The van der Waals surface area contributed by atoms with E-state index in [-0.39, 0.29) is 11.1 Å². The summed E-state index contributed by atoms with van der Waals surface area (Å²) in [6.45, 7) is 3.56. The van der Waals surface area contributed by atoms with Gasteiger partial charge in [0.15, 0.2) is 11.6 Å². The Kier molecular flexibility index (Phi) is 2.80. The first-order valence-electron chi connectivity index (χ1n) is 5.79. The molecule has 6 heteroatoms. The van der Waals surface area contributed by atoms with Gasteiger partial charge in [-0.25, -0.2) is 4.39 Å². The van der Waals surface area contributed by atoms with Crippen molar-refractivity contribution < 1.29 is 4.39 Å². The Morgan fingerprint density at radius 1 is 1.44 bits per heavy atom. The first kappa shape index (κ1) is 11.6. The van der Waals surface area contributed by atoms with E-state index in [2.05, 4.69) is 15.5 Å². The summed E-state index contributed by atoms with van der Waals surface area (Å²) in [6, 6.07) is 5.04. The summed E-state index contributed by atoms with van der Waals surface area (Å²) in [5.41, 5.74) is 0.398. The summed E-state index contributed by atoms with van der Waals surface area (Å²) >= 11 is 5.80. The quantitative estimate of drug-likeness (QED) is 0.862. The van der Waals surface area contributed by atoms with Crippen molar-refractivity contribution in [1.82, 2.24) is 20.1 Å². The molecule has 1 aliphatic rings. The molecule has 1 unspecified atom stereocenters. The van der Waals surface area contributed by atoms with Gasteiger partial charge in [0.1, 0.15) is 5.82 Å². The third-order valence-corrected chi connectivity index (χ3v) is 3.44. The summed E-state index contributed by atoms with van der Waals surface area (Å²) in [5, 5.41) is 11.6. The van der Waals surface area contributed by atoms with Crippen LogP contribution in [-0.4, -0.2) is 21.3 Å². The van der Waals surface area contributed by atoms with Gasteiger partial charge in [-0.05, 0) is 19.1 Å². The smallest absolute Gasteiger partial charge is 0.167 e. The van der Waals surface area contributed by atoms with Gasteiger partial charge < -0.3 is 9.88 Å². The lowest BCUT2D eigenvalue weighted by atomic mass is 10.2. The van der Waals surface area contributed by atoms with E-state index >= 15 is 0 Å². The normalized spacial score (nSPS) is 18.7. The molecule has 0 radical (unpaired) electrons. The van der Waals surface area contributed by atoms with Crippen molar-refractivity contribution in [2.75, 3.05) is 6.54 Å². The van der Waals surface area contributed by atoms with Gasteiger partial charge in [0.2, 0.25) is 0 Å². The molecule has 0 amide bonds. The molecular weight excluding hydrogens is 255 g/mol. The highest BCUT2D eigenvalue weighted by Crippen LogP contribution is 2.28. The van der Waals surface area contributed by atoms with Gasteiger partial charge in [-0.1, -0.05) is 17.7 Å². The molecule has 0 bridgehead atoms. The Bertz CT molecular complexity index is 596. The molecule has 94 valence electrons. The lowest BCUT2D eigenvalue weighted by Gasteiger charge is -2.22. The zero-order valence-electron chi connectivity index (χ0n) is 9.82. The average molecular weight is 267 g/mol. The predicted molar refractivity (Wildman–Crippen MR) is 66.8 cm³/mol. The Labute approximate surface area is 109 Å². The Balaban J connectivity index is 2.16. The molecule has 1 aromatic heterocycles. The molecule has 2 aromatic rings. The zero-order chi connectivity index (χ0) is 12.7. The van der Waals surface area contributed by atoms with E-state index in [1.165, 1.54) is 6.07 Å². The van der Waals surface area contributed by atoms with Crippen LogP contribution >= 0.6 is 11.6 Å². The summed E-state index contributed by atoms with van der Waals surface area (Å²) < 4.78 is 15.9. The van der Waals surface area contributed by atoms with Gasteiger partial charge in [0, 0.05) is 13.1 Å². The van der Waals surface area contributed by atoms with Crippen LogP contribution in [-0.2, 0) is 6.54 Å². The molecule has 0 aliphatic carbocycles. The highest BCUT2D eigenvalue weighted by molar-refractivity contribution is 6.31. The summed E-state index contributed by atoms with van der Waals surface area (Å²) in [5.74, 6) is 0.925. The van der Waals surface area contributed by atoms with Gasteiger partial charge in [0.25, 0.3) is 0 Å². The van der Waals surface area contributed by atoms with E-state index in [4.69, 9.17) is 11.6 Å². The monoisotopic (exact) mass is 266 g/mol. The average Bonchev–Trinajstić information content (AvgIpc) is 2.78. The highest BCUT2D eigenvalue weighted by atomic mass is 35.5. The van der Waals surface area contributed by atoms with E-state index in [9.17, 15) is 4.39 Å². The molecule has 0 fully saturated rings. The number of hydrogen-bond donors (Lipinski definition) is 1. The summed E-state index contributed by atoms with van der Waals surface area (Å²) in [6.07, 6.45) is 0.